The fraction of sp³-hybridized carbons (Fsp3) is 0.333. The highest BCUT2D eigenvalue weighted by atomic mass is 79.9. The van der Waals surface area contributed by atoms with Crippen LogP contribution in [0.1, 0.15) is 18.5 Å². The summed E-state index contributed by atoms with van der Waals surface area (Å²) < 4.78 is 1.01. The van der Waals surface area contributed by atoms with Gasteiger partial charge in [-0.2, -0.15) is 5.26 Å². The van der Waals surface area contributed by atoms with Crippen molar-refractivity contribution in [3.63, 3.8) is 0 Å². The van der Waals surface area contributed by atoms with Crippen molar-refractivity contribution < 1.29 is 4.79 Å². The zero-order valence-electron chi connectivity index (χ0n) is 9.53. The second-order valence-electron chi connectivity index (χ2n) is 3.59. The van der Waals surface area contributed by atoms with E-state index < -0.39 is 0 Å². The van der Waals surface area contributed by atoms with E-state index in [0.29, 0.717) is 0 Å². The van der Waals surface area contributed by atoms with Crippen LogP contribution >= 0.6 is 15.9 Å². The number of rotatable bonds is 5. The number of carbonyl (C=O) groups excluding carboxylic acids is 1. The van der Waals surface area contributed by atoms with Crippen molar-refractivity contribution in [3.05, 3.63) is 34.3 Å². The first-order valence-electron chi connectivity index (χ1n) is 5.26. The normalized spacial score (nSPS) is 11.6. The van der Waals surface area contributed by atoms with E-state index in [-0.39, 0.29) is 25.0 Å². The van der Waals surface area contributed by atoms with E-state index in [1.807, 2.05) is 37.3 Å². The molecule has 0 aliphatic rings. The fourth-order valence-corrected chi connectivity index (χ4v) is 1.76. The van der Waals surface area contributed by atoms with Crippen LogP contribution in [0.2, 0.25) is 0 Å². The number of carbonyl (C=O) groups is 1. The van der Waals surface area contributed by atoms with Crippen LogP contribution in [0.15, 0.2) is 28.7 Å². The van der Waals surface area contributed by atoms with Crippen LogP contribution in [0, 0.1) is 11.3 Å². The molecule has 4 nitrogen and oxygen atoms in total. The Bertz CT molecular complexity index is 428. The quantitative estimate of drug-likeness (QED) is 0.813. The van der Waals surface area contributed by atoms with Crippen LogP contribution < -0.4 is 10.6 Å². The Hall–Kier alpha value is -1.38. The number of halogens is 1. The van der Waals surface area contributed by atoms with E-state index in [0.717, 1.165) is 10.0 Å². The third-order valence-corrected chi connectivity index (χ3v) is 2.78. The van der Waals surface area contributed by atoms with Gasteiger partial charge in [-0.1, -0.05) is 28.1 Å². The molecule has 0 aromatic heterocycles. The summed E-state index contributed by atoms with van der Waals surface area (Å²) in [6, 6.07) is 9.85. The van der Waals surface area contributed by atoms with Gasteiger partial charge in [0.05, 0.1) is 12.6 Å². The molecule has 5 heteroatoms. The minimum atomic E-state index is -0.173. The summed E-state index contributed by atoms with van der Waals surface area (Å²) in [6.07, 6.45) is 0. The van der Waals surface area contributed by atoms with E-state index in [2.05, 4.69) is 26.6 Å². The van der Waals surface area contributed by atoms with Gasteiger partial charge in [0.25, 0.3) is 0 Å². The molecule has 0 radical (unpaired) electrons. The highest BCUT2D eigenvalue weighted by Crippen LogP contribution is 2.17. The Labute approximate surface area is 109 Å². The lowest BCUT2D eigenvalue weighted by molar-refractivity contribution is -0.120. The van der Waals surface area contributed by atoms with Crippen LogP contribution in [0.5, 0.6) is 0 Å². The molecule has 90 valence electrons. The SMILES string of the molecule is C[C@H](NCC(=O)NCC#N)c1cccc(Br)c1. The van der Waals surface area contributed by atoms with E-state index in [1.54, 1.807) is 0 Å². The molecule has 1 aromatic rings. The predicted molar refractivity (Wildman–Crippen MR) is 69.2 cm³/mol. The van der Waals surface area contributed by atoms with E-state index in [1.165, 1.54) is 0 Å². The molecule has 0 bridgehead atoms. The van der Waals surface area contributed by atoms with Crippen LogP contribution in [0.25, 0.3) is 0 Å². The maximum absolute atomic E-state index is 11.3. The molecule has 17 heavy (non-hydrogen) atoms. The van der Waals surface area contributed by atoms with Crippen molar-refractivity contribution in [2.45, 2.75) is 13.0 Å². The molecule has 0 saturated carbocycles. The summed E-state index contributed by atoms with van der Waals surface area (Å²) in [4.78, 5) is 11.3. The number of nitrogens with zero attached hydrogens (tertiary/aromatic N) is 1. The minimum Gasteiger partial charge on any atom is -0.342 e. The maximum Gasteiger partial charge on any atom is 0.234 e. The van der Waals surface area contributed by atoms with Crippen LogP contribution in [0.4, 0.5) is 0 Å². The first-order chi connectivity index (χ1) is 8.13. The zero-order chi connectivity index (χ0) is 12.7. The van der Waals surface area contributed by atoms with Gasteiger partial charge in [0, 0.05) is 10.5 Å². The van der Waals surface area contributed by atoms with E-state index in [4.69, 9.17) is 5.26 Å². The van der Waals surface area contributed by atoms with Gasteiger partial charge in [0.15, 0.2) is 0 Å². The molecule has 0 fully saturated rings. The van der Waals surface area contributed by atoms with Gasteiger partial charge in [0.2, 0.25) is 5.91 Å². The predicted octanol–water partition coefficient (Wildman–Crippen LogP) is 1.74. The number of hydrogen-bond donors (Lipinski definition) is 2. The molecule has 1 aromatic carbocycles. The number of nitrogens with one attached hydrogen (secondary N) is 2. The van der Waals surface area contributed by atoms with Crippen molar-refractivity contribution in [2.75, 3.05) is 13.1 Å². The molecule has 2 N–H and O–H groups in total. The summed E-state index contributed by atoms with van der Waals surface area (Å²) in [6.45, 7) is 2.24. The lowest BCUT2D eigenvalue weighted by atomic mass is 10.1. The molecule has 0 aliphatic carbocycles. The summed E-state index contributed by atoms with van der Waals surface area (Å²) in [5.41, 5.74) is 1.10. The molecular formula is C12H14BrN3O. The highest BCUT2D eigenvalue weighted by molar-refractivity contribution is 9.10. The maximum atomic E-state index is 11.3. The Morgan fingerprint density at radius 1 is 1.59 bits per heavy atom. The molecule has 0 saturated heterocycles. The first-order valence-corrected chi connectivity index (χ1v) is 6.05. The van der Waals surface area contributed by atoms with Crippen molar-refractivity contribution in [3.8, 4) is 6.07 Å². The molecule has 0 aliphatic heterocycles. The summed E-state index contributed by atoms with van der Waals surface area (Å²) in [5.74, 6) is -0.173. The second kappa shape index (κ2) is 7.05. The number of benzene rings is 1. The van der Waals surface area contributed by atoms with Crippen LogP contribution in [-0.4, -0.2) is 19.0 Å². The molecule has 1 amide bonds. The number of amides is 1. The van der Waals surface area contributed by atoms with Gasteiger partial charge in [-0.25, -0.2) is 0 Å². The molecule has 0 unspecified atom stereocenters. The van der Waals surface area contributed by atoms with Gasteiger partial charge in [0.1, 0.15) is 6.54 Å². The van der Waals surface area contributed by atoms with Gasteiger partial charge < -0.3 is 10.6 Å². The monoisotopic (exact) mass is 295 g/mol. The summed E-state index contributed by atoms with van der Waals surface area (Å²) >= 11 is 3.40. The van der Waals surface area contributed by atoms with E-state index in [9.17, 15) is 4.79 Å². The van der Waals surface area contributed by atoms with Crippen molar-refractivity contribution in [1.29, 1.82) is 5.26 Å². The molecular weight excluding hydrogens is 282 g/mol. The third kappa shape index (κ3) is 4.98. The largest absolute Gasteiger partial charge is 0.342 e. The topological polar surface area (TPSA) is 64.9 Å². The summed E-state index contributed by atoms with van der Waals surface area (Å²) in [5, 5.41) is 13.9. The molecule has 0 heterocycles. The average Bonchev–Trinajstić information content (AvgIpc) is 2.33. The number of hydrogen-bond acceptors (Lipinski definition) is 3. The molecule has 1 atom stereocenters. The zero-order valence-corrected chi connectivity index (χ0v) is 11.1. The number of nitriles is 1. The molecule has 0 spiro atoms. The first kappa shape index (κ1) is 13.7. The average molecular weight is 296 g/mol. The minimum absolute atomic E-state index is 0.0474. The Kier molecular flexibility index (Phi) is 5.67. The van der Waals surface area contributed by atoms with Crippen molar-refractivity contribution >= 4 is 21.8 Å². The Balaban J connectivity index is 2.42. The van der Waals surface area contributed by atoms with Crippen LogP contribution in [-0.2, 0) is 4.79 Å². The second-order valence-corrected chi connectivity index (χ2v) is 4.51. The van der Waals surface area contributed by atoms with Gasteiger partial charge in [-0.05, 0) is 24.6 Å². The smallest absolute Gasteiger partial charge is 0.234 e. The van der Waals surface area contributed by atoms with Gasteiger partial charge >= 0.3 is 0 Å². The van der Waals surface area contributed by atoms with Gasteiger partial charge in [-0.15, -0.1) is 0 Å². The lowest BCUT2D eigenvalue weighted by Crippen LogP contribution is -2.35. The van der Waals surface area contributed by atoms with E-state index >= 15 is 0 Å². The third-order valence-electron chi connectivity index (χ3n) is 2.28. The van der Waals surface area contributed by atoms with Gasteiger partial charge in [-0.3, -0.25) is 4.79 Å². The summed E-state index contributed by atoms with van der Waals surface area (Å²) in [7, 11) is 0. The Morgan fingerprint density at radius 2 is 2.35 bits per heavy atom. The standard InChI is InChI=1S/C12H14BrN3O/c1-9(10-3-2-4-11(13)7-10)16-8-12(17)15-6-5-14/h2-4,7,9,16H,6,8H2,1H3,(H,15,17)/t9-/m0/s1. The Morgan fingerprint density at radius 3 is 3.00 bits per heavy atom. The van der Waals surface area contributed by atoms with Crippen LogP contribution in [0.3, 0.4) is 0 Å². The lowest BCUT2D eigenvalue weighted by Gasteiger charge is -2.13. The van der Waals surface area contributed by atoms with Crippen molar-refractivity contribution in [2.24, 2.45) is 0 Å². The van der Waals surface area contributed by atoms with Crippen molar-refractivity contribution in [1.82, 2.24) is 10.6 Å². The fourth-order valence-electron chi connectivity index (χ4n) is 1.34. The molecule has 1 rings (SSSR count). The highest BCUT2D eigenvalue weighted by Gasteiger charge is 2.07.